The smallest absolute Gasteiger partial charge is 0.342 e. The molecule has 0 fully saturated rings. The molecule has 1 N–H and O–H groups in total. The number of halogens is 1. The number of hydrogen-bond acceptors (Lipinski definition) is 5. The van der Waals surface area contributed by atoms with Gasteiger partial charge in [0.15, 0.2) is 0 Å². The molecule has 9 heteroatoms. The fourth-order valence-corrected chi connectivity index (χ4v) is 1.69. The van der Waals surface area contributed by atoms with Crippen LogP contribution in [0.3, 0.4) is 0 Å². The number of alkyl halides is 1. The van der Waals surface area contributed by atoms with Gasteiger partial charge >= 0.3 is 5.97 Å². The zero-order valence-electron chi connectivity index (χ0n) is 7.62. The zero-order chi connectivity index (χ0) is 12.5. The fraction of sp³-hybridized carbons (Fsp3) is 0.286. The lowest BCUT2D eigenvalue weighted by Gasteiger charge is -2.16. The van der Waals surface area contributed by atoms with Crippen molar-refractivity contribution in [3.8, 4) is 0 Å². The Kier molecular flexibility index (Phi) is 3.26. The summed E-state index contributed by atoms with van der Waals surface area (Å²) in [6.45, 7) is 0. The van der Waals surface area contributed by atoms with E-state index in [0.29, 0.717) is 0 Å². The van der Waals surface area contributed by atoms with Crippen LogP contribution in [-0.2, 0) is 4.79 Å². The molecule has 0 aliphatic heterocycles. The predicted molar refractivity (Wildman–Crippen MR) is 59.2 cm³/mol. The maximum atomic E-state index is 10.7. The molecule has 0 saturated heterocycles. The maximum Gasteiger partial charge on any atom is 0.342 e. The van der Waals surface area contributed by atoms with Crippen LogP contribution in [0.4, 0.5) is 0 Å². The van der Waals surface area contributed by atoms with Gasteiger partial charge in [0.25, 0.3) is 9.24 Å². The topological polar surface area (TPSA) is 124 Å². The van der Waals surface area contributed by atoms with Gasteiger partial charge in [0.05, 0.1) is 17.4 Å². The fourth-order valence-electron chi connectivity index (χ4n) is 1.17. The summed E-state index contributed by atoms with van der Waals surface area (Å²) < 4.78 is -1.65. The summed E-state index contributed by atoms with van der Waals surface area (Å²) in [5.41, 5.74) is -1.26. The van der Waals surface area contributed by atoms with E-state index in [2.05, 4.69) is 0 Å². The van der Waals surface area contributed by atoms with Crippen LogP contribution < -0.4 is 0 Å². The number of carboxylic acids is 1. The van der Waals surface area contributed by atoms with E-state index < -0.39 is 30.6 Å². The number of nitro groups is 2. The number of nitrogens with zero attached hydrogens (tertiary/aromatic N) is 2. The molecular weight excluding hydrogens is 335 g/mol. The first kappa shape index (κ1) is 12.5. The van der Waals surface area contributed by atoms with Gasteiger partial charge in [-0.25, -0.2) is 4.79 Å². The molecule has 0 aromatic rings. The first-order valence-corrected chi connectivity index (χ1v) is 5.00. The van der Waals surface area contributed by atoms with Gasteiger partial charge in [0, 0.05) is 27.5 Å². The molecule has 0 spiro atoms. The van der Waals surface area contributed by atoms with Gasteiger partial charge in [0.2, 0.25) is 0 Å². The molecule has 16 heavy (non-hydrogen) atoms. The van der Waals surface area contributed by atoms with E-state index in [4.69, 9.17) is 5.11 Å². The van der Waals surface area contributed by atoms with Gasteiger partial charge in [-0.3, -0.25) is 20.2 Å². The molecule has 0 aromatic carbocycles. The van der Waals surface area contributed by atoms with Crippen molar-refractivity contribution in [1.82, 2.24) is 0 Å². The number of aliphatic carboxylic acids is 1. The van der Waals surface area contributed by atoms with Crippen LogP contribution in [0.5, 0.6) is 0 Å². The summed E-state index contributed by atoms with van der Waals surface area (Å²) >= 11 is 1.44. The van der Waals surface area contributed by atoms with Crippen LogP contribution in [0, 0.1) is 20.2 Å². The second kappa shape index (κ2) is 4.15. The number of carboxylic acid groups (broad SMARTS) is 1. The lowest BCUT2D eigenvalue weighted by molar-refractivity contribution is -0.519. The third-order valence-electron chi connectivity index (χ3n) is 1.96. The largest absolute Gasteiger partial charge is 0.477 e. The van der Waals surface area contributed by atoms with Gasteiger partial charge in [-0.15, -0.1) is 0 Å². The zero-order valence-corrected chi connectivity index (χ0v) is 9.78. The molecule has 1 aliphatic carbocycles. The first-order valence-electron chi connectivity index (χ1n) is 3.92. The van der Waals surface area contributed by atoms with Gasteiger partial charge in [0.1, 0.15) is 5.57 Å². The molecule has 0 amide bonds. The Morgan fingerprint density at radius 2 is 2.06 bits per heavy atom. The van der Waals surface area contributed by atoms with Crippen molar-refractivity contribution in [2.45, 2.75) is 9.97 Å². The second-order valence-electron chi connectivity index (χ2n) is 2.99. The highest BCUT2D eigenvalue weighted by molar-refractivity contribution is 14.1. The minimum Gasteiger partial charge on any atom is -0.477 e. The van der Waals surface area contributed by atoms with E-state index in [9.17, 15) is 25.0 Å². The molecule has 0 saturated carbocycles. The summed E-state index contributed by atoms with van der Waals surface area (Å²) in [5, 5.41) is 29.9. The third kappa shape index (κ3) is 2.18. The molecule has 1 rings (SSSR count). The number of hydrogen-bond donors (Lipinski definition) is 1. The summed E-state index contributed by atoms with van der Waals surface area (Å²) in [7, 11) is 0. The van der Waals surface area contributed by atoms with Crippen LogP contribution in [0.25, 0.3) is 0 Å². The van der Waals surface area contributed by atoms with Crippen molar-refractivity contribution in [2.24, 2.45) is 0 Å². The summed E-state index contributed by atoms with van der Waals surface area (Å²) in [6, 6.07) is 0. The molecule has 8 nitrogen and oxygen atoms in total. The van der Waals surface area contributed by atoms with Gasteiger partial charge in [-0.05, 0) is 0 Å². The quantitative estimate of drug-likeness (QED) is 0.268. The average Bonchev–Trinajstić information content (AvgIpc) is 2.16. The minimum absolute atomic E-state index is 0.195. The van der Waals surface area contributed by atoms with E-state index >= 15 is 0 Å². The van der Waals surface area contributed by atoms with Crippen molar-refractivity contribution in [1.29, 1.82) is 0 Å². The molecule has 0 aromatic heterocycles. The Morgan fingerprint density at radius 1 is 1.50 bits per heavy atom. The van der Waals surface area contributed by atoms with Crippen molar-refractivity contribution in [2.75, 3.05) is 0 Å². The van der Waals surface area contributed by atoms with Crippen LogP contribution >= 0.6 is 22.6 Å². The van der Waals surface area contributed by atoms with Crippen molar-refractivity contribution in [3.05, 3.63) is 43.7 Å². The van der Waals surface area contributed by atoms with Crippen LogP contribution in [0.15, 0.2) is 23.4 Å². The van der Waals surface area contributed by atoms with E-state index in [1.165, 1.54) is 22.6 Å². The Hall–Kier alpha value is -1.52. The molecule has 0 bridgehead atoms. The SMILES string of the molecule is O=C(O)C1=CCC(I)([N+](=O)[O-])C=C1[N+](=O)[O-]. The lowest BCUT2D eigenvalue weighted by Crippen LogP contribution is -2.32. The van der Waals surface area contributed by atoms with Crippen molar-refractivity contribution in [3.63, 3.8) is 0 Å². The highest BCUT2D eigenvalue weighted by Crippen LogP contribution is 2.34. The predicted octanol–water partition coefficient (Wildman–Crippen LogP) is 0.970. The van der Waals surface area contributed by atoms with Gasteiger partial charge < -0.3 is 5.11 Å². The molecule has 1 unspecified atom stereocenters. The van der Waals surface area contributed by atoms with Crippen molar-refractivity contribution < 1.29 is 19.7 Å². The standard InChI is InChI=1S/C7H5IN2O6/c8-7(10(15)16)2-1-4(6(11)12)5(3-7)9(13)14/h1,3H,2H2,(H,11,12). The summed E-state index contributed by atoms with van der Waals surface area (Å²) in [4.78, 5) is 30.3. The van der Waals surface area contributed by atoms with E-state index in [1.54, 1.807) is 0 Å². The minimum atomic E-state index is -1.65. The molecule has 0 radical (unpaired) electrons. The monoisotopic (exact) mass is 340 g/mol. The third-order valence-corrected chi connectivity index (χ3v) is 3.10. The van der Waals surface area contributed by atoms with Crippen LogP contribution in [-0.4, -0.2) is 24.5 Å². The lowest BCUT2D eigenvalue weighted by atomic mass is 10.0. The molecule has 1 aliphatic rings. The average molecular weight is 340 g/mol. The Balaban J connectivity index is 3.24. The van der Waals surface area contributed by atoms with Crippen LogP contribution in [0.2, 0.25) is 0 Å². The Bertz CT molecular complexity index is 442. The summed E-state index contributed by atoms with van der Waals surface area (Å²) in [6.07, 6.45) is 1.56. The summed E-state index contributed by atoms with van der Waals surface area (Å²) in [5.74, 6) is -1.47. The molecule has 86 valence electrons. The Morgan fingerprint density at radius 3 is 2.44 bits per heavy atom. The van der Waals surface area contributed by atoms with E-state index in [-0.39, 0.29) is 6.42 Å². The highest BCUT2D eigenvalue weighted by atomic mass is 127. The van der Waals surface area contributed by atoms with Gasteiger partial charge in [-0.1, -0.05) is 6.08 Å². The Labute approximate surface area is 102 Å². The molecule has 1 atom stereocenters. The number of carbonyl (C=O) groups is 1. The normalized spacial score (nSPS) is 24.3. The maximum absolute atomic E-state index is 10.7. The van der Waals surface area contributed by atoms with Crippen LogP contribution in [0.1, 0.15) is 6.42 Å². The molecule has 0 heterocycles. The van der Waals surface area contributed by atoms with Crippen molar-refractivity contribution >= 4 is 28.6 Å². The van der Waals surface area contributed by atoms with E-state index in [1.807, 2.05) is 0 Å². The first-order chi connectivity index (χ1) is 7.28. The van der Waals surface area contributed by atoms with E-state index in [0.717, 1.165) is 12.2 Å². The second-order valence-corrected chi connectivity index (χ2v) is 4.86. The molecular formula is C7H5IN2O6. The number of rotatable bonds is 3. The van der Waals surface area contributed by atoms with Gasteiger partial charge in [-0.2, -0.15) is 0 Å². The highest BCUT2D eigenvalue weighted by Gasteiger charge is 2.44.